The predicted molar refractivity (Wildman–Crippen MR) is 78.7 cm³/mol. The second-order valence-corrected chi connectivity index (χ2v) is 4.99. The van der Waals surface area contributed by atoms with E-state index in [9.17, 15) is 9.59 Å². The highest BCUT2D eigenvalue weighted by Gasteiger charge is 2.24. The van der Waals surface area contributed by atoms with Gasteiger partial charge in [0.1, 0.15) is 12.2 Å². The van der Waals surface area contributed by atoms with Gasteiger partial charge >= 0.3 is 5.97 Å². The van der Waals surface area contributed by atoms with Gasteiger partial charge in [0.05, 0.1) is 11.8 Å². The molecule has 0 unspecified atom stereocenters. The lowest BCUT2D eigenvalue weighted by Crippen LogP contribution is -2.27. The zero-order chi connectivity index (χ0) is 15.6. The van der Waals surface area contributed by atoms with Crippen molar-refractivity contribution in [3.63, 3.8) is 0 Å². The van der Waals surface area contributed by atoms with Crippen LogP contribution in [0.4, 0.5) is 5.69 Å². The summed E-state index contributed by atoms with van der Waals surface area (Å²) in [6.07, 6.45) is 1.10. The maximum absolute atomic E-state index is 12.6. The first-order chi connectivity index (χ1) is 9.90. The van der Waals surface area contributed by atoms with Crippen LogP contribution in [-0.4, -0.2) is 24.0 Å². The third-order valence-corrected chi connectivity index (χ3v) is 3.27. The van der Waals surface area contributed by atoms with Crippen LogP contribution in [0.15, 0.2) is 34.9 Å². The second-order valence-electron chi connectivity index (χ2n) is 4.99. The summed E-state index contributed by atoms with van der Waals surface area (Å²) in [5, 5.41) is 8.89. The number of hydrogen-bond donors (Lipinski definition) is 1. The van der Waals surface area contributed by atoms with Crippen molar-refractivity contribution in [2.45, 2.75) is 20.3 Å². The van der Waals surface area contributed by atoms with Gasteiger partial charge in [-0.3, -0.25) is 9.59 Å². The van der Waals surface area contributed by atoms with Crippen molar-refractivity contribution in [2.24, 2.45) is 0 Å². The number of carbonyl (C=O) groups excluding carboxylic acids is 1. The van der Waals surface area contributed by atoms with E-state index in [0.29, 0.717) is 11.1 Å². The number of carboxylic acids is 1. The van der Waals surface area contributed by atoms with Gasteiger partial charge in [-0.05, 0) is 31.5 Å². The van der Waals surface area contributed by atoms with Crippen LogP contribution >= 0.6 is 0 Å². The van der Waals surface area contributed by atoms with Gasteiger partial charge in [-0.15, -0.1) is 0 Å². The molecule has 5 heteroatoms. The highest BCUT2D eigenvalue weighted by atomic mass is 16.4. The molecular weight excluding hydrogens is 270 g/mol. The third kappa shape index (κ3) is 3.13. The fraction of sp³-hybridized carbons (Fsp3) is 0.250. The number of carboxylic acid groups (broad SMARTS) is 1. The van der Waals surface area contributed by atoms with Gasteiger partial charge in [0.15, 0.2) is 0 Å². The fourth-order valence-corrected chi connectivity index (χ4v) is 2.17. The third-order valence-electron chi connectivity index (χ3n) is 3.27. The molecule has 1 aromatic carbocycles. The number of carbonyl (C=O) groups is 2. The van der Waals surface area contributed by atoms with E-state index in [1.807, 2.05) is 31.2 Å². The number of anilines is 1. The minimum atomic E-state index is -1.03. The van der Waals surface area contributed by atoms with Crippen LogP contribution in [0.2, 0.25) is 0 Å². The minimum Gasteiger partial charge on any atom is -0.481 e. The summed E-state index contributed by atoms with van der Waals surface area (Å²) in [7, 11) is 1.66. The lowest BCUT2D eigenvalue weighted by Gasteiger charge is -2.18. The van der Waals surface area contributed by atoms with Crippen molar-refractivity contribution >= 4 is 17.6 Å². The number of nitrogens with zero attached hydrogens (tertiary/aromatic N) is 1. The zero-order valence-electron chi connectivity index (χ0n) is 12.2. The van der Waals surface area contributed by atoms with Crippen LogP contribution in [0, 0.1) is 13.8 Å². The summed E-state index contributed by atoms with van der Waals surface area (Å²) in [5.74, 6) is -1.12. The number of aryl methyl sites for hydroxylation is 2. The molecule has 0 aliphatic rings. The van der Waals surface area contributed by atoms with Crippen molar-refractivity contribution < 1.29 is 19.1 Å². The number of aliphatic carboxylic acids is 1. The van der Waals surface area contributed by atoms with Gasteiger partial charge in [-0.2, -0.15) is 0 Å². The monoisotopic (exact) mass is 287 g/mol. The first-order valence-electron chi connectivity index (χ1n) is 6.53. The average molecular weight is 287 g/mol. The van der Waals surface area contributed by atoms with E-state index < -0.39 is 5.97 Å². The first kappa shape index (κ1) is 14.8. The van der Waals surface area contributed by atoms with E-state index in [1.54, 1.807) is 14.0 Å². The summed E-state index contributed by atoms with van der Waals surface area (Å²) in [4.78, 5) is 25.0. The van der Waals surface area contributed by atoms with Crippen molar-refractivity contribution in [1.82, 2.24) is 0 Å². The molecule has 1 amide bonds. The first-order valence-corrected chi connectivity index (χ1v) is 6.53. The molecule has 0 saturated heterocycles. The zero-order valence-corrected chi connectivity index (χ0v) is 12.2. The smallest absolute Gasteiger partial charge is 0.311 e. The highest BCUT2D eigenvalue weighted by molar-refractivity contribution is 6.07. The average Bonchev–Trinajstić information content (AvgIpc) is 2.77. The lowest BCUT2D eigenvalue weighted by atomic mass is 10.1. The molecule has 0 spiro atoms. The van der Waals surface area contributed by atoms with Crippen molar-refractivity contribution in [2.75, 3.05) is 11.9 Å². The van der Waals surface area contributed by atoms with Crippen molar-refractivity contribution in [1.29, 1.82) is 0 Å². The van der Waals surface area contributed by atoms with E-state index in [0.717, 1.165) is 11.3 Å². The minimum absolute atomic E-state index is 0.185. The normalized spacial score (nSPS) is 10.4. The standard InChI is InChI=1S/C16H17NO4/c1-10-5-4-6-12(7-10)17(3)16(20)15-11(2)9-21-13(15)8-14(18)19/h4-7,9H,8H2,1-3H3,(H,18,19). The number of hydrogen-bond acceptors (Lipinski definition) is 3. The van der Waals surface area contributed by atoms with Gasteiger partial charge < -0.3 is 14.4 Å². The highest BCUT2D eigenvalue weighted by Crippen LogP contribution is 2.23. The molecule has 110 valence electrons. The van der Waals surface area contributed by atoms with Crippen LogP contribution in [0.1, 0.15) is 27.2 Å². The summed E-state index contributed by atoms with van der Waals surface area (Å²) >= 11 is 0. The Morgan fingerprint density at radius 2 is 2.00 bits per heavy atom. The van der Waals surface area contributed by atoms with E-state index in [-0.39, 0.29) is 18.1 Å². The van der Waals surface area contributed by atoms with Crippen LogP contribution in [0.3, 0.4) is 0 Å². The van der Waals surface area contributed by atoms with Crippen LogP contribution in [-0.2, 0) is 11.2 Å². The molecular formula is C16H17NO4. The van der Waals surface area contributed by atoms with Crippen LogP contribution in [0.5, 0.6) is 0 Å². The lowest BCUT2D eigenvalue weighted by molar-refractivity contribution is -0.136. The Morgan fingerprint density at radius 1 is 1.29 bits per heavy atom. The molecule has 5 nitrogen and oxygen atoms in total. The Balaban J connectivity index is 2.35. The van der Waals surface area contributed by atoms with Gasteiger partial charge in [-0.1, -0.05) is 12.1 Å². The number of furan rings is 1. The Kier molecular flexibility index (Phi) is 4.12. The van der Waals surface area contributed by atoms with Gasteiger partial charge in [0.2, 0.25) is 0 Å². The summed E-state index contributed by atoms with van der Waals surface area (Å²) < 4.78 is 5.21. The Morgan fingerprint density at radius 3 is 2.62 bits per heavy atom. The van der Waals surface area contributed by atoms with Gasteiger partial charge in [0.25, 0.3) is 5.91 Å². The summed E-state index contributed by atoms with van der Waals surface area (Å²) in [6.45, 7) is 3.67. The molecule has 0 saturated carbocycles. The fourth-order valence-electron chi connectivity index (χ4n) is 2.17. The quantitative estimate of drug-likeness (QED) is 0.938. The Bertz CT molecular complexity index is 687. The van der Waals surface area contributed by atoms with E-state index in [4.69, 9.17) is 9.52 Å². The number of rotatable bonds is 4. The molecule has 1 N–H and O–H groups in total. The summed E-state index contributed by atoms with van der Waals surface area (Å²) in [6, 6.07) is 7.54. The molecule has 1 heterocycles. The van der Waals surface area contributed by atoms with Crippen LogP contribution < -0.4 is 4.90 Å². The Hall–Kier alpha value is -2.56. The van der Waals surface area contributed by atoms with Crippen molar-refractivity contribution in [3.8, 4) is 0 Å². The van der Waals surface area contributed by atoms with Gasteiger partial charge in [-0.25, -0.2) is 0 Å². The molecule has 0 fully saturated rings. The summed E-state index contributed by atoms with van der Waals surface area (Å²) in [5.41, 5.74) is 2.75. The molecule has 2 rings (SSSR count). The maximum atomic E-state index is 12.6. The molecule has 0 radical (unpaired) electrons. The predicted octanol–water partition coefficient (Wildman–Crippen LogP) is 2.80. The van der Waals surface area contributed by atoms with Crippen LogP contribution in [0.25, 0.3) is 0 Å². The molecule has 0 aliphatic carbocycles. The Labute approximate surface area is 122 Å². The second kappa shape index (κ2) is 5.83. The van der Waals surface area contributed by atoms with Crippen molar-refractivity contribution in [3.05, 3.63) is 53.0 Å². The molecule has 0 atom stereocenters. The number of amides is 1. The largest absolute Gasteiger partial charge is 0.481 e. The molecule has 2 aromatic rings. The topological polar surface area (TPSA) is 70.8 Å². The van der Waals surface area contributed by atoms with Gasteiger partial charge in [0, 0.05) is 18.3 Å². The van der Waals surface area contributed by atoms with E-state index in [2.05, 4.69) is 0 Å². The number of benzene rings is 1. The molecule has 0 bridgehead atoms. The van der Waals surface area contributed by atoms with E-state index in [1.165, 1.54) is 11.2 Å². The van der Waals surface area contributed by atoms with E-state index >= 15 is 0 Å². The maximum Gasteiger partial charge on any atom is 0.311 e. The molecule has 0 aliphatic heterocycles. The molecule has 21 heavy (non-hydrogen) atoms. The SMILES string of the molecule is Cc1cccc(N(C)C(=O)c2c(C)coc2CC(=O)O)c1. The molecule has 1 aromatic heterocycles.